The maximum atomic E-state index is 5.46. The van der Waals surface area contributed by atoms with Crippen LogP contribution in [0.15, 0.2) is 255 Å². The van der Waals surface area contributed by atoms with Crippen LogP contribution in [0.5, 0.6) is 0 Å². The lowest BCUT2D eigenvalue weighted by Crippen LogP contribution is -1.96. The van der Waals surface area contributed by atoms with Crippen LogP contribution in [0.25, 0.3) is 128 Å². The van der Waals surface area contributed by atoms with Crippen LogP contribution in [0.2, 0.25) is 0 Å². The lowest BCUT2D eigenvalue weighted by Gasteiger charge is -2.15. The zero-order chi connectivity index (χ0) is 45.7. The van der Waals surface area contributed by atoms with Gasteiger partial charge in [-0.05, 0) is 81.2 Å². The van der Waals surface area contributed by atoms with E-state index in [1.165, 1.54) is 32.8 Å². The molecule has 69 heavy (non-hydrogen) atoms. The highest BCUT2D eigenvalue weighted by Gasteiger charge is 2.20. The lowest BCUT2D eigenvalue weighted by atomic mass is 9.92. The van der Waals surface area contributed by atoms with Gasteiger partial charge in [0.05, 0.1) is 33.6 Å². The first-order valence-electron chi connectivity index (χ1n) is 23.4. The number of nitrogens with zero attached hydrogens (tertiary/aromatic N) is 4. The quantitative estimate of drug-likeness (QED) is 0.143. The lowest BCUT2D eigenvalue weighted by molar-refractivity contribution is 1.18. The maximum absolute atomic E-state index is 5.46. The summed E-state index contributed by atoms with van der Waals surface area (Å²) in [7, 11) is 0. The molecule has 13 rings (SSSR count). The molecule has 0 spiro atoms. The van der Waals surface area contributed by atoms with Gasteiger partial charge in [-0.1, -0.05) is 212 Å². The third-order valence-corrected chi connectivity index (χ3v) is 13.4. The third kappa shape index (κ3) is 7.23. The van der Waals surface area contributed by atoms with Gasteiger partial charge in [-0.25, -0.2) is 15.0 Å². The van der Waals surface area contributed by atoms with Crippen LogP contribution in [-0.4, -0.2) is 19.5 Å². The number of fused-ring (bicyclic) bond motifs is 6. The Morgan fingerprint density at radius 3 is 1.38 bits per heavy atom. The van der Waals surface area contributed by atoms with Gasteiger partial charge >= 0.3 is 0 Å². The first kappa shape index (κ1) is 40.1. The molecule has 0 aliphatic rings. The van der Waals surface area contributed by atoms with Gasteiger partial charge in [-0.15, -0.1) is 0 Å². The van der Waals surface area contributed by atoms with Crippen LogP contribution in [0.3, 0.4) is 0 Å². The molecule has 0 atom stereocenters. The molecule has 0 saturated heterocycles. The van der Waals surface area contributed by atoms with Crippen molar-refractivity contribution in [2.24, 2.45) is 0 Å². The van der Waals surface area contributed by atoms with Crippen molar-refractivity contribution in [3.05, 3.63) is 255 Å². The van der Waals surface area contributed by atoms with Gasteiger partial charge in [0.2, 0.25) is 0 Å². The molecule has 3 heterocycles. The van der Waals surface area contributed by atoms with E-state index >= 15 is 0 Å². The predicted molar refractivity (Wildman–Crippen MR) is 287 cm³/mol. The fraction of sp³-hybridized carbons (Fsp3) is 0. The van der Waals surface area contributed by atoms with Gasteiger partial charge in [0.1, 0.15) is 0 Å². The Kier molecular flexibility index (Phi) is 9.80. The van der Waals surface area contributed by atoms with Crippen molar-refractivity contribution in [3.63, 3.8) is 0 Å². The second-order valence-corrected chi connectivity index (χ2v) is 17.6. The minimum atomic E-state index is 0.700. The number of pyridine rings is 1. The summed E-state index contributed by atoms with van der Waals surface area (Å²) in [4.78, 5) is 15.6. The molecule has 4 heteroatoms. The minimum absolute atomic E-state index is 0.700. The van der Waals surface area contributed by atoms with Crippen molar-refractivity contribution < 1.29 is 0 Å². The molecule has 0 saturated carbocycles. The molecule has 0 N–H and O–H groups in total. The highest BCUT2D eigenvalue weighted by Crippen LogP contribution is 2.43. The van der Waals surface area contributed by atoms with Crippen molar-refractivity contribution in [1.29, 1.82) is 0 Å². The number of hydrogen-bond donors (Lipinski definition) is 0. The topological polar surface area (TPSA) is 43.6 Å². The summed E-state index contributed by atoms with van der Waals surface area (Å²) in [6.07, 6.45) is 0. The van der Waals surface area contributed by atoms with Gasteiger partial charge in [0.25, 0.3) is 0 Å². The van der Waals surface area contributed by atoms with Crippen LogP contribution in [0.4, 0.5) is 0 Å². The molecular formula is C65H42N4. The molecule has 10 aromatic carbocycles. The fourth-order valence-corrected chi connectivity index (χ4v) is 10.0. The summed E-state index contributed by atoms with van der Waals surface area (Å²) in [6, 6.07) is 90.4. The first-order valence-corrected chi connectivity index (χ1v) is 23.4. The van der Waals surface area contributed by atoms with Crippen LogP contribution >= 0.6 is 0 Å². The molecule has 13 aromatic rings. The Balaban J connectivity index is 0.886. The Morgan fingerprint density at radius 1 is 0.275 bits per heavy atom. The summed E-state index contributed by atoms with van der Waals surface area (Å²) in [5.74, 6) is 0.700. The SMILES string of the molecule is c1ccc(-c2ccc(-c3cc(-c4ccc(-c5ccc(-c6cccc7nc(-c8ccccc8)c8cc9c(cc8c67)c6ccccc6n9-c6ccccc6)cc5)cc4)nc(-c4ccccc4)n3)cc2)cc1. The summed E-state index contributed by atoms with van der Waals surface area (Å²) in [5, 5.41) is 5.90. The van der Waals surface area contributed by atoms with E-state index in [1.54, 1.807) is 0 Å². The van der Waals surface area contributed by atoms with Gasteiger partial charge < -0.3 is 4.57 Å². The van der Waals surface area contributed by atoms with Crippen LogP contribution in [0.1, 0.15) is 0 Å². The van der Waals surface area contributed by atoms with E-state index in [4.69, 9.17) is 15.0 Å². The fourth-order valence-electron chi connectivity index (χ4n) is 10.0. The molecule has 0 fully saturated rings. The van der Waals surface area contributed by atoms with E-state index in [-0.39, 0.29) is 0 Å². The zero-order valence-corrected chi connectivity index (χ0v) is 37.5. The molecule has 4 nitrogen and oxygen atoms in total. The largest absolute Gasteiger partial charge is 0.309 e. The van der Waals surface area contributed by atoms with Crippen LogP contribution in [0, 0.1) is 0 Å². The maximum Gasteiger partial charge on any atom is 0.160 e. The van der Waals surface area contributed by atoms with E-state index in [9.17, 15) is 0 Å². The van der Waals surface area contributed by atoms with Crippen molar-refractivity contribution in [1.82, 2.24) is 19.5 Å². The average molecular weight is 879 g/mol. The number of rotatable bonds is 8. The monoisotopic (exact) mass is 878 g/mol. The van der Waals surface area contributed by atoms with Crippen molar-refractivity contribution in [2.45, 2.75) is 0 Å². The standard InChI is InChI=1S/C65H42N4/c1-5-16-43(17-6-1)44-30-36-48(37-31-44)59-42-60(68-65(67-59)51-20-9-3-10-21-51)49-38-32-46(33-39-49)45-28-34-47(35-29-45)53-25-15-26-58-63(53)56-40-55-54-24-13-14-27-61(54)69(52-22-11-4-12-23-52)62(55)41-57(56)64(66-58)50-18-7-2-8-19-50/h1-42H. The predicted octanol–water partition coefficient (Wildman–Crippen LogP) is 16.9. The highest BCUT2D eigenvalue weighted by atomic mass is 15.0. The Labute approximate surface area is 400 Å². The third-order valence-electron chi connectivity index (χ3n) is 13.4. The average Bonchev–Trinajstić information content (AvgIpc) is 3.76. The number of para-hydroxylation sites is 2. The highest BCUT2D eigenvalue weighted by molar-refractivity contribution is 6.22. The van der Waals surface area contributed by atoms with E-state index < -0.39 is 0 Å². The second kappa shape index (κ2) is 16.9. The second-order valence-electron chi connectivity index (χ2n) is 17.6. The van der Waals surface area contributed by atoms with Gasteiger partial charge in [0, 0.05) is 49.5 Å². The molecule has 322 valence electrons. The van der Waals surface area contributed by atoms with Crippen LogP contribution < -0.4 is 0 Å². The van der Waals surface area contributed by atoms with Crippen molar-refractivity contribution in [3.8, 4) is 84.2 Å². The number of aromatic nitrogens is 4. The van der Waals surface area contributed by atoms with Gasteiger partial charge in [-0.3, -0.25) is 0 Å². The Hall–Kier alpha value is -9.25. The van der Waals surface area contributed by atoms with Crippen molar-refractivity contribution in [2.75, 3.05) is 0 Å². The summed E-state index contributed by atoms with van der Waals surface area (Å²) >= 11 is 0. The molecule has 0 unspecified atom stereocenters. The summed E-state index contributed by atoms with van der Waals surface area (Å²) < 4.78 is 2.39. The Morgan fingerprint density at radius 2 is 0.768 bits per heavy atom. The van der Waals surface area contributed by atoms with E-state index in [0.717, 1.165) is 89.1 Å². The van der Waals surface area contributed by atoms with Crippen molar-refractivity contribution >= 4 is 43.5 Å². The summed E-state index contributed by atoms with van der Waals surface area (Å²) in [5.41, 5.74) is 18.3. The minimum Gasteiger partial charge on any atom is -0.309 e. The Bertz CT molecular complexity index is 4000. The van der Waals surface area contributed by atoms with Crippen LogP contribution in [-0.2, 0) is 0 Å². The molecule has 0 bridgehead atoms. The van der Waals surface area contributed by atoms with Gasteiger partial charge in [0.15, 0.2) is 5.82 Å². The number of benzene rings is 10. The zero-order valence-electron chi connectivity index (χ0n) is 37.5. The normalized spacial score (nSPS) is 11.5. The smallest absolute Gasteiger partial charge is 0.160 e. The molecule has 0 aliphatic heterocycles. The van der Waals surface area contributed by atoms with E-state index in [2.05, 4.69) is 235 Å². The molecule has 0 radical (unpaired) electrons. The molecule has 3 aromatic heterocycles. The van der Waals surface area contributed by atoms with E-state index in [1.807, 2.05) is 24.3 Å². The summed E-state index contributed by atoms with van der Waals surface area (Å²) in [6.45, 7) is 0. The van der Waals surface area contributed by atoms with E-state index in [0.29, 0.717) is 5.82 Å². The van der Waals surface area contributed by atoms with Gasteiger partial charge in [-0.2, -0.15) is 0 Å². The molecule has 0 aliphatic carbocycles. The number of hydrogen-bond acceptors (Lipinski definition) is 3. The molecular weight excluding hydrogens is 837 g/mol. The first-order chi connectivity index (χ1) is 34.2. The molecule has 0 amide bonds.